The summed E-state index contributed by atoms with van der Waals surface area (Å²) in [6, 6.07) is 8.97. The van der Waals surface area contributed by atoms with E-state index in [2.05, 4.69) is 10.3 Å². The lowest BCUT2D eigenvalue weighted by molar-refractivity contribution is -0.123. The van der Waals surface area contributed by atoms with Gasteiger partial charge in [0.05, 0.1) is 11.2 Å². The van der Waals surface area contributed by atoms with Gasteiger partial charge in [-0.1, -0.05) is 18.2 Å². The standard InChI is InChI=1S/C18H22N4O2S/c1-21(18(24)19-10-9-14-12-25-13-20-14)16-8-5-11-22(17(16)23)15-6-3-2-4-7-15/h2-4,6-7,12-13,16H,5,8-11H2,1H3,(H,19,24). The predicted octanol–water partition coefficient (Wildman–Crippen LogP) is 2.52. The highest BCUT2D eigenvalue weighted by Gasteiger charge is 2.34. The van der Waals surface area contributed by atoms with Crippen LogP contribution in [0.15, 0.2) is 41.2 Å². The zero-order valence-electron chi connectivity index (χ0n) is 14.2. The second-order valence-corrected chi connectivity index (χ2v) is 6.77. The quantitative estimate of drug-likeness (QED) is 0.893. The minimum Gasteiger partial charge on any atom is -0.338 e. The van der Waals surface area contributed by atoms with E-state index < -0.39 is 6.04 Å². The number of amides is 3. The summed E-state index contributed by atoms with van der Waals surface area (Å²) < 4.78 is 0. The largest absolute Gasteiger partial charge is 0.338 e. The summed E-state index contributed by atoms with van der Waals surface area (Å²) >= 11 is 1.54. The Morgan fingerprint density at radius 1 is 1.40 bits per heavy atom. The number of carbonyl (C=O) groups is 2. The van der Waals surface area contributed by atoms with Crippen molar-refractivity contribution in [1.82, 2.24) is 15.2 Å². The number of anilines is 1. The molecule has 132 valence electrons. The van der Waals surface area contributed by atoms with Gasteiger partial charge in [0.25, 0.3) is 0 Å². The number of rotatable bonds is 5. The van der Waals surface area contributed by atoms with E-state index in [-0.39, 0.29) is 11.9 Å². The Labute approximate surface area is 151 Å². The molecule has 1 aliphatic rings. The number of aromatic nitrogens is 1. The summed E-state index contributed by atoms with van der Waals surface area (Å²) in [5.74, 6) is -0.0189. The zero-order chi connectivity index (χ0) is 17.6. The molecule has 0 radical (unpaired) electrons. The van der Waals surface area contributed by atoms with Crippen LogP contribution in [0.1, 0.15) is 18.5 Å². The smallest absolute Gasteiger partial charge is 0.317 e. The Balaban J connectivity index is 1.57. The van der Waals surface area contributed by atoms with Crippen LogP contribution in [0, 0.1) is 0 Å². The SMILES string of the molecule is CN(C(=O)NCCc1cscn1)C1CCCN(c2ccccc2)C1=O. The van der Waals surface area contributed by atoms with Gasteiger partial charge in [0.1, 0.15) is 6.04 Å². The van der Waals surface area contributed by atoms with E-state index in [1.165, 1.54) is 4.90 Å². The second kappa shape index (κ2) is 8.11. The molecule has 1 N–H and O–H groups in total. The third kappa shape index (κ3) is 4.17. The molecule has 1 unspecified atom stereocenters. The van der Waals surface area contributed by atoms with Gasteiger partial charge in [-0.3, -0.25) is 4.79 Å². The van der Waals surface area contributed by atoms with Crippen molar-refractivity contribution in [3.05, 3.63) is 46.9 Å². The van der Waals surface area contributed by atoms with Gasteiger partial charge in [-0.15, -0.1) is 11.3 Å². The number of para-hydroxylation sites is 1. The number of hydrogen-bond donors (Lipinski definition) is 1. The molecule has 1 aromatic carbocycles. The van der Waals surface area contributed by atoms with E-state index in [0.29, 0.717) is 25.9 Å². The number of urea groups is 1. The summed E-state index contributed by atoms with van der Waals surface area (Å²) in [5, 5.41) is 4.84. The fourth-order valence-corrected chi connectivity index (χ4v) is 3.60. The van der Waals surface area contributed by atoms with Crippen LogP contribution in [0.2, 0.25) is 0 Å². The monoisotopic (exact) mass is 358 g/mol. The van der Waals surface area contributed by atoms with E-state index in [0.717, 1.165) is 17.8 Å². The van der Waals surface area contributed by atoms with Crippen molar-refractivity contribution < 1.29 is 9.59 Å². The molecular formula is C18H22N4O2S. The van der Waals surface area contributed by atoms with Crippen molar-refractivity contribution in [2.75, 3.05) is 25.0 Å². The van der Waals surface area contributed by atoms with E-state index in [4.69, 9.17) is 0 Å². The lowest BCUT2D eigenvalue weighted by Crippen LogP contribution is -2.55. The normalized spacial score (nSPS) is 17.4. The molecule has 6 nitrogen and oxygen atoms in total. The van der Waals surface area contributed by atoms with E-state index in [1.54, 1.807) is 28.8 Å². The molecule has 1 aromatic heterocycles. The van der Waals surface area contributed by atoms with Crippen LogP contribution in [-0.4, -0.2) is 48.0 Å². The average Bonchev–Trinajstić information content (AvgIpc) is 3.15. The highest BCUT2D eigenvalue weighted by Crippen LogP contribution is 2.23. The Kier molecular flexibility index (Phi) is 5.65. The third-order valence-electron chi connectivity index (χ3n) is 4.41. The molecule has 0 saturated carbocycles. The van der Waals surface area contributed by atoms with Crippen molar-refractivity contribution >= 4 is 29.0 Å². The first-order valence-electron chi connectivity index (χ1n) is 8.41. The number of thiazole rings is 1. The van der Waals surface area contributed by atoms with Crippen LogP contribution in [0.25, 0.3) is 0 Å². The second-order valence-electron chi connectivity index (χ2n) is 6.06. The van der Waals surface area contributed by atoms with Crippen molar-refractivity contribution in [2.24, 2.45) is 0 Å². The molecule has 3 rings (SSSR count). The van der Waals surface area contributed by atoms with Crippen molar-refractivity contribution in [2.45, 2.75) is 25.3 Å². The highest BCUT2D eigenvalue weighted by atomic mass is 32.1. The number of carbonyl (C=O) groups excluding carboxylic acids is 2. The van der Waals surface area contributed by atoms with Gasteiger partial charge < -0.3 is 15.1 Å². The van der Waals surface area contributed by atoms with E-state index >= 15 is 0 Å². The molecule has 3 amide bonds. The summed E-state index contributed by atoms with van der Waals surface area (Å²) in [5.41, 5.74) is 3.63. The number of hydrogen-bond acceptors (Lipinski definition) is 4. The molecule has 1 aliphatic heterocycles. The summed E-state index contributed by atoms with van der Waals surface area (Å²) in [4.78, 5) is 32.7. The molecule has 0 aliphatic carbocycles. The maximum Gasteiger partial charge on any atom is 0.317 e. The van der Waals surface area contributed by atoms with Crippen LogP contribution < -0.4 is 10.2 Å². The van der Waals surface area contributed by atoms with Gasteiger partial charge in [0.2, 0.25) is 5.91 Å². The van der Waals surface area contributed by atoms with Crippen molar-refractivity contribution in [3.8, 4) is 0 Å². The molecule has 2 aromatic rings. The fraction of sp³-hybridized carbons (Fsp3) is 0.389. The first-order valence-corrected chi connectivity index (χ1v) is 9.35. The van der Waals surface area contributed by atoms with E-state index in [1.807, 2.05) is 35.7 Å². The van der Waals surface area contributed by atoms with Gasteiger partial charge in [0, 0.05) is 37.6 Å². The number of piperidine rings is 1. The summed E-state index contributed by atoms with van der Waals surface area (Å²) in [6.07, 6.45) is 2.26. The van der Waals surface area contributed by atoms with Crippen molar-refractivity contribution in [3.63, 3.8) is 0 Å². The highest BCUT2D eigenvalue weighted by molar-refractivity contribution is 7.07. The third-order valence-corrected chi connectivity index (χ3v) is 5.04. The van der Waals surface area contributed by atoms with Crippen LogP contribution >= 0.6 is 11.3 Å². The minimum absolute atomic E-state index is 0.0189. The number of nitrogens with one attached hydrogen (secondary N) is 1. The van der Waals surface area contributed by atoms with E-state index in [9.17, 15) is 9.59 Å². The molecule has 0 spiro atoms. The first-order chi connectivity index (χ1) is 12.2. The summed E-state index contributed by atoms with van der Waals surface area (Å²) in [7, 11) is 1.69. The molecule has 2 heterocycles. The van der Waals surface area contributed by atoms with Gasteiger partial charge in [-0.25, -0.2) is 9.78 Å². The topological polar surface area (TPSA) is 65.5 Å². The molecule has 25 heavy (non-hydrogen) atoms. The number of likely N-dealkylation sites (N-methyl/N-ethyl adjacent to an activating group) is 1. The Morgan fingerprint density at radius 3 is 2.92 bits per heavy atom. The first kappa shape index (κ1) is 17.4. The molecule has 1 fully saturated rings. The Bertz CT molecular complexity index is 705. The Morgan fingerprint density at radius 2 is 2.20 bits per heavy atom. The number of nitrogens with zero attached hydrogens (tertiary/aromatic N) is 3. The Hall–Kier alpha value is -2.41. The molecule has 1 saturated heterocycles. The van der Waals surface area contributed by atoms with Gasteiger partial charge >= 0.3 is 6.03 Å². The molecule has 7 heteroatoms. The maximum atomic E-state index is 12.8. The van der Waals surface area contributed by atoms with Crippen LogP contribution in [0.4, 0.5) is 10.5 Å². The molecule has 1 atom stereocenters. The number of benzene rings is 1. The summed E-state index contributed by atoms with van der Waals surface area (Å²) in [6.45, 7) is 1.20. The molecule has 0 bridgehead atoms. The fourth-order valence-electron chi connectivity index (χ4n) is 3.00. The van der Waals surface area contributed by atoms with Gasteiger partial charge in [0.15, 0.2) is 0 Å². The maximum absolute atomic E-state index is 12.8. The van der Waals surface area contributed by atoms with Crippen LogP contribution in [-0.2, 0) is 11.2 Å². The molecular weight excluding hydrogens is 336 g/mol. The minimum atomic E-state index is -0.423. The lowest BCUT2D eigenvalue weighted by Gasteiger charge is -2.36. The van der Waals surface area contributed by atoms with Gasteiger partial charge in [-0.05, 0) is 25.0 Å². The van der Waals surface area contributed by atoms with Gasteiger partial charge in [-0.2, -0.15) is 0 Å². The average molecular weight is 358 g/mol. The zero-order valence-corrected chi connectivity index (χ0v) is 15.0. The van der Waals surface area contributed by atoms with Crippen LogP contribution in [0.3, 0.4) is 0 Å². The van der Waals surface area contributed by atoms with Crippen molar-refractivity contribution in [1.29, 1.82) is 0 Å². The predicted molar refractivity (Wildman–Crippen MR) is 98.8 cm³/mol. The van der Waals surface area contributed by atoms with Crippen LogP contribution in [0.5, 0.6) is 0 Å². The lowest BCUT2D eigenvalue weighted by atomic mass is 10.0.